The van der Waals surface area contributed by atoms with E-state index < -0.39 is 0 Å². The van der Waals surface area contributed by atoms with E-state index in [4.69, 9.17) is 4.74 Å². The highest BCUT2D eigenvalue weighted by Crippen LogP contribution is 2.42. The van der Waals surface area contributed by atoms with Crippen LogP contribution in [0, 0.1) is 11.2 Å². The summed E-state index contributed by atoms with van der Waals surface area (Å²) in [5.41, 5.74) is 1.38. The molecule has 3 heteroatoms. The van der Waals surface area contributed by atoms with E-state index in [9.17, 15) is 4.39 Å². The Hall–Kier alpha value is -0.930. The van der Waals surface area contributed by atoms with Crippen LogP contribution in [0.2, 0.25) is 0 Å². The van der Waals surface area contributed by atoms with Crippen molar-refractivity contribution in [3.63, 3.8) is 0 Å². The summed E-state index contributed by atoms with van der Waals surface area (Å²) in [5.74, 6) is -0.170. The first-order valence-corrected chi connectivity index (χ1v) is 7.13. The fourth-order valence-corrected chi connectivity index (χ4v) is 2.76. The third kappa shape index (κ3) is 3.34. The van der Waals surface area contributed by atoms with Crippen molar-refractivity contribution in [2.45, 2.75) is 45.8 Å². The van der Waals surface area contributed by atoms with E-state index in [1.54, 1.807) is 0 Å². The fraction of sp³-hybridized carbons (Fsp3) is 0.625. The zero-order valence-corrected chi connectivity index (χ0v) is 12.1. The van der Waals surface area contributed by atoms with Crippen LogP contribution in [-0.4, -0.2) is 25.3 Å². The van der Waals surface area contributed by atoms with Gasteiger partial charge in [-0.15, -0.1) is 0 Å². The molecule has 0 heterocycles. The molecule has 2 nitrogen and oxygen atoms in total. The Bertz CT molecular complexity index is 402. The number of ether oxygens (including phenoxy) is 1. The van der Waals surface area contributed by atoms with Crippen LogP contribution in [0.15, 0.2) is 24.3 Å². The molecular weight excluding hydrogens is 241 g/mol. The second-order valence-corrected chi connectivity index (χ2v) is 5.88. The van der Waals surface area contributed by atoms with Crippen molar-refractivity contribution in [1.82, 2.24) is 5.32 Å². The Morgan fingerprint density at radius 1 is 1.32 bits per heavy atom. The van der Waals surface area contributed by atoms with E-state index >= 15 is 0 Å². The number of halogens is 1. The quantitative estimate of drug-likeness (QED) is 0.853. The number of nitrogens with one attached hydrogen (secondary N) is 1. The lowest BCUT2D eigenvalue weighted by Crippen LogP contribution is -2.61. The van der Waals surface area contributed by atoms with Crippen LogP contribution in [0.4, 0.5) is 4.39 Å². The summed E-state index contributed by atoms with van der Waals surface area (Å²) < 4.78 is 18.5. The van der Waals surface area contributed by atoms with E-state index in [1.807, 2.05) is 19.1 Å². The molecule has 1 aromatic rings. The van der Waals surface area contributed by atoms with Gasteiger partial charge in [-0.1, -0.05) is 26.0 Å². The summed E-state index contributed by atoms with van der Waals surface area (Å²) >= 11 is 0. The average molecular weight is 265 g/mol. The molecule has 1 aromatic carbocycles. The normalized spacial score (nSPS) is 25.1. The van der Waals surface area contributed by atoms with Crippen LogP contribution < -0.4 is 5.32 Å². The Kier molecular flexibility index (Phi) is 4.58. The predicted molar refractivity (Wildman–Crippen MR) is 75.7 cm³/mol. The highest BCUT2D eigenvalue weighted by Gasteiger charge is 2.48. The topological polar surface area (TPSA) is 21.3 Å². The standard InChI is InChI=1S/C16H24FNO/c1-4-19-15-11-14(16(15,2)3)18-10-9-12-5-7-13(17)8-6-12/h5-8,14-15,18H,4,9-11H2,1-3H3. The molecule has 0 saturated heterocycles. The maximum Gasteiger partial charge on any atom is 0.123 e. The second kappa shape index (κ2) is 6.02. The number of benzene rings is 1. The molecule has 0 radical (unpaired) electrons. The Morgan fingerprint density at radius 3 is 2.58 bits per heavy atom. The zero-order valence-electron chi connectivity index (χ0n) is 12.1. The van der Waals surface area contributed by atoms with Crippen molar-refractivity contribution in [2.75, 3.05) is 13.2 Å². The summed E-state index contributed by atoms with van der Waals surface area (Å²) in [5, 5.41) is 3.59. The molecule has 1 N–H and O–H groups in total. The van der Waals surface area contributed by atoms with E-state index in [1.165, 1.54) is 17.7 Å². The molecule has 1 aliphatic carbocycles. The first kappa shape index (κ1) is 14.5. The van der Waals surface area contributed by atoms with Gasteiger partial charge in [-0.2, -0.15) is 0 Å². The number of hydrogen-bond donors (Lipinski definition) is 1. The molecular formula is C16H24FNO. The maximum absolute atomic E-state index is 12.8. The van der Waals surface area contributed by atoms with Gasteiger partial charge in [-0.05, 0) is 44.0 Å². The molecule has 0 bridgehead atoms. The third-order valence-corrected chi connectivity index (χ3v) is 4.26. The molecule has 2 unspecified atom stereocenters. The fourth-order valence-electron chi connectivity index (χ4n) is 2.76. The minimum absolute atomic E-state index is 0.170. The van der Waals surface area contributed by atoms with Gasteiger partial charge in [0.25, 0.3) is 0 Å². The van der Waals surface area contributed by atoms with Crippen molar-refractivity contribution in [1.29, 1.82) is 0 Å². The van der Waals surface area contributed by atoms with E-state index in [2.05, 4.69) is 19.2 Å². The molecule has 0 amide bonds. The van der Waals surface area contributed by atoms with Crippen molar-refractivity contribution >= 4 is 0 Å². The molecule has 2 atom stereocenters. The number of rotatable bonds is 6. The molecule has 1 fully saturated rings. The van der Waals surface area contributed by atoms with Crippen LogP contribution >= 0.6 is 0 Å². The van der Waals surface area contributed by atoms with Crippen LogP contribution in [0.3, 0.4) is 0 Å². The molecule has 0 aliphatic heterocycles. The lowest BCUT2D eigenvalue weighted by Gasteiger charge is -2.52. The summed E-state index contributed by atoms with van der Waals surface area (Å²) in [6.07, 6.45) is 2.40. The van der Waals surface area contributed by atoms with Gasteiger partial charge >= 0.3 is 0 Å². The van der Waals surface area contributed by atoms with Gasteiger partial charge in [0.1, 0.15) is 5.82 Å². The highest BCUT2D eigenvalue weighted by atomic mass is 19.1. The van der Waals surface area contributed by atoms with Crippen LogP contribution in [-0.2, 0) is 11.2 Å². The largest absolute Gasteiger partial charge is 0.378 e. The molecule has 0 aromatic heterocycles. The summed E-state index contributed by atoms with van der Waals surface area (Å²) in [6, 6.07) is 7.27. The third-order valence-electron chi connectivity index (χ3n) is 4.26. The van der Waals surface area contributed by atoms with Gasteiger partial charge in [0.05, 0.1) is 6.10 Å². The molecule has 106 valence electrons. The molecule has 19 heavy (non-hydrogen) atoms. The predicted octanol–water partition coefficient (Wildman–Crippen LogP) is 3.16. The first-order chi connectivity index (χ1) is 9.04. The van der Waals surface area contributed by atoms with Crippen molar-refractivity contribution in [2.24, 2.45) is 5.41 Å². The monoisotopic (exact) mass is 265 g/mol. The second-order valence-electron chi connectivity index (χ2n) is 5.88. The first-order valence-electron chi connectivity index (χ1n) is 7.13. The maximum atomic E-state index is 12.8. The van der Waals surface area contributed by atoms with Gasteiger partial charge in [0, 0.05) is 18.1 Å². The summed E-state index contributed by atoms with van der Waals surface area (Å²) in [7, 11) is 0. The molecule has 1 aliphatic rings. The summed E-state index contributed by atoms with van der Waals surface area (Å²) in [6.45, 7) is 8.28. The van der Waals surface area contributed by atoms with Crippen LogP contribution in [0.25, 0.3) is 0 Å². The lowest BCUT2D eigenvalue weighted by molar-refractivity contribution is -0.113. The van der Waals surface area contributed by atoms with Gasteiger partial charge in [0.2, 0.25) is 0 Å². The molecule has 0 spiro atoms. The van der Waals surface area contributed by atoms with Gasteiger partial charge in [-0.25, -0.2) is 4.39 Å². The minimum atomic E-state index is -0.170. The SMILES string of the molecule is CCOC1CC(NCCc2ccc(F)cc2)C1(C)C. The smallest absolute Gasteiger partial charge is 0.123 e. The zero-order chi connectivity index (χ0) is 13.9. The average Bonchev–Trinajstić information content (AvgIpc) is 2.39. The summed E-state index contributed by atoms with van der Waals surface area (Å²) in [4.78, 5) is 0. The van der Waals surface area contributed by atoms with E-state index in [0.29, 0.717) is 12.1 Å². The van der Waals surface area contributed by atoms with Crippen LogP contribution in [0.5, 0.6) is 0 Å². The van der Waals surface area contributed by atoms with Gasteiger partial charge < -0.3 is 10.1 Å². The Balaban J connectivity index is 1.74. The van der Waals surface area contributed by atoms with Crippen molar-refractivity contribution in [3.8, 4) is 0 Å². The molecule has 2 rings (SSSR count). The van der Waals surface area contributed by atoms with Crippen molar-refractivity contribution in [3.05, 3.63) is 35.6 Å². The highest BCUT2D eigenvalue weighted by molar-refractivity contribution is 5.16. The lowest BCUT2D eigenvalue weighted by atomic mass is 9.64. The van der Waals surface area contributed by atoms with Crippen molar-refractivity contribution < 1.29 is 9.13 Å². The molecule has 1 saturated carbocycles. The number of hydrogen-bond acceptors (Lipinski definition) is 2. The van der Waals surface area contributed by atoms with E-state index in [0.717, 1.165) is 26.0 Å². The Labute approximate surface area is 115 Å². The van der Waals surface area contributed by atoms with Gasteiger partial charge in [0.15, 0.2) is 0 Å². The minimum Gasteiger partial charge on any atom is -0.378 e. The van der Waals surface area contributed by atoms with Crippen LogP contribution in [0.1, 0.15) is 32.8 Å². The Morgan fingerprint density at radius 2 is 2.00 bits per heavy atom. The van der Waals surface area contributed by atoms with Gasteiger partial charge in [-0.3, -0.25) is 0 Å². The van der Waals surface area contributed by atoms with E-state index in [-0.39, 0.29) is 11.2 Å².